The quantitative estimate of drug-likeness (QED) is 0.751. The smallest absolute Gasteiger partial charge is 0.133 e. The van der Waals surface area contributed by atoms with Crippen molar-refractivity contribution in [3.05, 3.63) is 65.3 Å². The van der Waals surface area contributed by atoms with E-state index in [1.807, 2.05) is 20.8 Å². The largest absolute Gasteiger partial charge is 0.457 e. The molecule has 0 N–H and O–H groups in total. The van der Waals surface area contributed by atoms with Gasteiger partial charge in [-0.1, -0.05) is 19.1 Å². The van der Waals surface area contributed by atoms with Crippen LogP contribution in [0.25, 0.3) is 0 Å². The molecule has 0 fully saturated rings. The molecule has 1 radical (unpaired) electrons. The van der Waals surface area contributed by atoms with E-state index in [0.717, 1.165) is 16.9 Å². The summed E-state index contributed by atoms with van der Waals surface area (Å²) in [6.07, 6.45) is 2.06. The number of hydrogen-bond acceptors (Lipinski definition) is 1. The van der Waals surface area contributed by atoms with Crippen molar-refractivity contribution in [1.82, 2.24) is 0 Å². The number of rotatable bonds is 3. The molecule has 0 saturated carbocycles. The van der Waals surface area contributed by atoms with Crippen molar-refractivity contribution in [2.45, 2.75) is 20.8 Å². The van der Waals surface area contributed by atoms with Gasteiger partial charge in [-0.2, -0.15) is 0 Å². The Morgan fingerprint density at radius 2 is 1.56 bits per heavy atom. The van der Waals surface area contributed by atoms with E-state index in [9.17, 15) is 4.39 Å². The van der Waals surface area contributed by atoms with Crippen molar-refractivity contribution in [1.29, 1.82) is 0 Å². The number of benzene rings is 2. The molecule has 0 amide bonds. The summed E-state index contributed by atoms with van der Waals surface area (Å²) < 4.78 is 18.6. The van der Waals surface area contributed by atoms with E-state index in [-0.39, 0.29) is 5.82 Å². The second-order valence-electron chi connectivity index (χ2n) is 4.33. The number of halogens is 1. The van der Waals surface area contributed by atoms with E-state index >= 15 is 0 Å². The van der Waals surface area contributed by atoms with Gasteiger partial charge in [0.25, 0.3) is 0 Å². The van der Waals surface area contributed by atoms with Crippen LogP contribution in [-0.4, -0.2) is 0 Å². The summed E-state index contributed by atoms with van der Waals surface area (Å²) in [5, 5.41) is 0. The number of hydrogen-bond donors (Lipinski definition) is 0. The third kappa shape index (κ3) is 2.70. The lowest BCUT2D eigenvalue weighted by Crippen LogP contribution is -1.93. The van der Waals surface area contributed by atoms with Gasteiger partial charge < -0.3 is 4.74 Å². The second-order valence-corrected chi connectivity index (χ2v) is 4.33. The molecule has 2 aromatic carbocycles. The minimum Gasteiger partial charge on any atom is -0.457 e. The Hall–Kier alpha value is -1.83. The Morgan fingerprint density at radius 1 is 1.00 bits per heavy atom. The zero-order chi connectivity index (χ0) is 13.1. The zero-order valence-electron chi connectivity index (χ0n) is 10.8. The molecule has 1 nitrogen and oxygen atoms in total. The van der Waals surface area contributed by atoms with Crippen LogP contribution in [0.1, 0.15) is 23.6 Å². The van der Waals surface area contributed by atoms with Gasteiger partial charge in [-0.3, -0.25) is 0 Å². The normalized spacial score (nSPS) is 10.4. The molecule has 2 heteroatoms. The maximum Gasteiger partial charge on any atom is 0.133 e. The van der Waals surface area contributed by atoms with E-state index in [2.05, 4.69) is 18.6 Å². The average Bonchev–Trinajstić information content (AvgIpc) is 2.35. The van der Waals surface area contributed by atoms with E-state index < -0.39 is 0 Å². The van der Waals surface area contributed by atoms with Crippen molar-refractivity contribution < 1.29 is 9.13 Å². The zero-order valence-corrected chi connectivity index (χ0v) is 10.8. The van der Waals surface area contributed by atoms with Crippen LogP contribution < -0.4 is 4.74 Å². The molecule has 0 saturated heterocycles. The van der Waals surface area contributed by atoms with Gasteiger partial charge in [0.1, 0.15) is 17.3 Å². The maximum absolute atomic E-state index is 12.8. The number of ether oxygens (including phenoxy) is 1. The third-order valence-corrected chi connectivity index (χ3v) is 2.85. The molecule has 0 spiro atoms. The Morgan fingerprint density at radius 3 is 2.06 bits per heavy atom. The highest BCUT2D eigenvalue weighted by molar-refractivity contribution is 5.47. The minimum absolute atomic E-state index is 0.258. The van der Waals surface area contributed by atoms with Crippen LogP contribution in [0.2, 0.25) is 0 Å². The first-order chi connectivity index (χ1) is 8.60. The maximum atomic E-state index is 12.8. The lowest BCUT2D eigenvalue weighted by Gasteiger charge is -2.13. The molecule has 0 bridgehead atoms. The lowest BCUT2D eigenvalue weighted by molar-refractivity contribution is 0.473. The average molecular weight is 243 g/mol. The van der Waals surface area contributed by atoms with Gasteiger partial charge in [-0.25, -0.2) is 4.39 Å². The van der Waals surface area contributed by atoms with Crippen molar-refractivity contribution in [3.63, 3.8) is 0 Å². The van der Waals surface area contributed by atoms with Gasteiger partial charge in [0.2, 0.25) is 0 Å². The first kappa shape index (κ1) is 12.6. The summed E-state index contributed by atoms with van der Waals surface area (Å²) in [5.74, 6) is 1.23. The molecule has 0 aromatic heterocycles. The molecule has 0 aliphatic carbocycles. The number of aryl methyl sites for hydroxylation is 2. The summed E-state index contributed by atoms with van der Waals surface area (Å²) in [6, 6.07) is 10.2. The van der Waals surface area contributed by atoms with Crippen molar-refractivity contribution in [2.75, 3.05) is 0 Å². The Labute approximate surface area is 107 Å². The predicted octanol–water partition coefficient (Wildman–Crippen LogP) is 4.81. The fourth-order valence-electron chi connectivity index (χ4n) is 1.93. The molecule has 0 heterocycles. The molecule has 0 atom stereocenters. The summed E-state index contributed by atoms with van der Waals surface area (Å²) >= 11 is 0. The molecule has 0 aliphatic rings. The van der Waals surface area contributed by atoms with Crippen molar-refractivity contribution in [3.8, 4) is 11.5 Å². The standard InChI is InChI=1S/C16H16FO/c1-4-13-9-11(2)16(12(3)10-13)18-15-7-5-14(17)6-8-15/h4-10H,1-3H3. The second kappa shape index (κ2) is 5.21. The molecular formula is C16H16FO. The third-order valence-electron chi connectivity index (χ3n) is 2.85. The van der Waals surface area contributed by atoms with E-state index in [0.29, 0.717) is 5.75 Å². The highest BCUT2D eigenvalue weighted by atomic mass is 19.1. The van der Waals surface area contributed by atoms with E-state index in [1.165, 1.54) is 17.7 Å². The highest BCUT2D eigenvalue weighted by Crippen LogP contribution is 2.30. The van der Waals surface area contributed by atoms with Gasteiger partial charge >= 0.3 is 0 Å². The SMILES string of the molecule is C[CH]c1cc(C)c(Oc2ccc(F)cc2)c(C)c1. The van der Waals surface area contributed by atoms with Gasteiger partial charge in [-0.05, 0) is 61.2 Å². The molecule has 93 valence electrons. The van der Waals surface area contributed by atoms with E-state index in [1.54, 1.807) is 12.1 Å². The molecule has 0 aliphatic heterocycles. The molecule has 2 aromatic rings. The van der Waals surface area contributed by atoms with Crippen molar-refractivity contribution >= 4 is 0 Å². The summed E-state index contributed by atoms with van der Waals surface area (Å²) in [7, 11) is 0. The Balaban J connectivity index is 2.31. The predicted molar refractivity (Wildman–Crippen MR) is 71.5 cm³/mol. The van der Waals surface area contributed by atoms with E-state index in [4.69, 9.17) is 4.74 Å². The van der Waals surface area contributed by atoms with Gasteiger partial charge in [0, 0.05) is 0 Å². The monoisotopic (exact) mass is 243 g/mol. The van der Waals surface area contributed by atoms with Crippen LogP contribution in [0.4, 0.5) is 4.39 Å². The molecule has 18 heavy (non-hydrogen) atoms. The Bertz CT molecular complexity index is 521. The summed E-state index contributed by atoms with van der Waals surface area (Å²) in [4.78, 5) is 0. The summed E-state index contributed by atoms with van der Waals surface area (Å²) in [5.41, 5.74) is 3.33. The van der Waals surface area contributed by atoms with Crippen LogP contribution in [0, 0.1) is 26.1 Å². The van der Waals surface area contributed by atoms with Gasteiger partial charge in [0.05, 0.1) is 0 Å². The van der Waals surface area contributed by atoms with Gasteiger partial charge in [-0.15, -0.1) is 0 Å². The van der Waals surface area contributed by atoms with Crippen LogP contribution in [0.3, 0.4) is 0 Å². The fraction of sp³-hybridized carbons (Fsp3) is 0.188. The molecular weight excluding hydrogens is 227 g/mol. The van der Waals surface area contributed by atoms with Crippen LogP contribution in [0.15, 0.2) is 36.4 Å². The highest BCUT2D eigenvalue weighted by Gasteiger charge is 2.07. The summed E-state index contributed by atoms with van der Waals surface area (Å²) in [6.45, 7) is 6.03. The van der Waals surface area contributed by atoms with Gasteiger partial charge in [0.15, 0.2) is 0 Å². The fourth-order valence-corrected chi connectivity index (χ4v) is 1.93. The van der Waals surface area contributed by atoms with Crippen LogP contribution in [0.5, 0.6) is 11.5 Å². The molecule has 2 rings (SSSR count). The first-order valence-electron chi connectivity index (χ1n) is 5.94. The Kier molecular flexibility index (Phi) is 3.66. The topological polar surface area (TPSA) is 9.23 Å². The lowest BCUT2D eigenvalue weighted by atomic mass is 10.0. The minimum atomic E-state index is -0.258. The van der Waals surface area contributed by atoms with Crippen LogP contribution >= 0.6 is 0 Å². The first-order valence-corrected chi connectivity index (χ1v) is 5.94. The van der Waals surface area contributed by atoms with Crippen LogP contribution in [-0.2, 0) is 0 Å². The van der Waals surface area contributed by atoms with Crippen molar-refractivity contribution in [2.24, 2.45) is 0 Å². The molecule has 0 unspecified atom stereocenters.